The first-order valence-electron chi connectivity index (χ1n) is 36.4. The normalized spacial score (nSPS) is 11.4. The summed E-state index contributed by atoms with van der Waals surface area (Å²) in [6.07, 6.45) is 3.75. The Balaban J connectivity index is 0.000000113. The lowest BCUT2D eigenvalue weighted by Crippen LogP contribution is -2.10. The first kappa shape index (κ1) is 63.6. The lowest BCUT2D eigenvalue weighted by atomic mass is 9.92. The van der Waals surface area contributed by atoms with Gasteiger partial charge in [-0.1, -0.05) is 315 Å². The fraction of sp³-hybridized carbons (Fsp3) is 0. The van der Waals surface area contributed by atoms with Crippen LogP contribution in [0.1, 0.15) is 0 Å². The van der Waals surface area contributed by atoms with Gasteiger partial charge in [-0.3, -0.25) is 9.97 Å². The van der Waals surface area contributed by atoms with Gasteiger partial charge in [0.25, 0.3) is 0 Å². The number of hydrogen-bond donors (Lipinski definition) is 0. The number of hydrogen-bond acceptors (Lipinski definition) is 4. The van der Waals surface area contributed by atoms with Crippen LogP contribution >= 0.6 is 0 Å². The molecule has 502 valence electrons. The zero-order valence-corrected chi connectivity index (χ0v) is 58.5. The highest BCUT2D eigenvalue weighted by Gasteiger charge is 2.23. The van der Waals surface area contributed by atoms with Gasteiger partial charge in [0.2, 0.25) is 0 Å². The number of furan rings is 1. The van der Waals surface area contributed by atoms with Gasteiger partial charge in [0.1, 0.15) is 5.58 Å². The molecule has 0 fully saturated rings. The molecule has 21 aromatic rings. The number of para-hydroxylation sites is 4. The summed E-state index contributed by atoms with van der Waals surface area (Å²) in [6.45, 7) is 0. The minimum Gasteiger partial charge on any atom is -0.453 e. The van der Waals surface area contributed by atoms with Crippen LogP contribution in [0.4, 0.5) is 17.1 Å². The fourth-order valence-corrected chi connectivity index (χ4v) is 15.8. The fourth-order valence-electron chi connectivity index (χ4n) is 15.8. The summed E-state index contributed by atoms with van der Waals surface area (Å²) in [5, 5.41) is 14.6. The summed E-state index contributed by atoms with van der Waals surface area (Å²) in [7, 11) is 0. The maximum absolute atomic E-state index is 6.95. The second kappa shape index (κ2) is 27.8. The maximum Gasteiger partial charge on any atom is 0.159 e. The second-order valence-corrected chi connectivity index (χ2v) is 27.1. The van der Waals surface area contributed by atoms with E-state index in [1.54, 1.807) is 0 Å². The van der Waals surface area contributed by atoms with Gasteiger partial charge in [0.05, 0.1) is 27.8 Å². The molecule has 0 unspecified atom stereocenters. The minimum atomic E-state index is 0.872. The molecule has 5 heteroatoms. The molecule has 0 bridgehead atoms. The Morgan fingerprint density at radius 3 is 1.28 bits per heavy atom. The molecule has 0 N–H and O–H groups in total. The van der Waals surface area contributed by atoms with Crippen molar-refractivity contribution in [3.63, 3.8) is 0 Å². The van der Waals surface area contributed by atoms with Crippen molar-refractivity contribution in [2.24, 2.45) is 0 Å². The van der Waals surface area contributed by atoms with E-state index in [0.717, 1.165) is 71.9 Å². The molecule has 0 amide bonds. The zero-order valence-electron chi connectivity index (χ0n) is 58.5. The lowest BCUT2D eigenvalue weighted by Gasteiger charge is -2.25. The molecule has 0 aliphatic rings. The van der Waals surface area contributed by atoms with E-state index in [2.05, 4.69) is 408 Å². The molecule has 17 aromatic carbocycles. The van der Waals surface area contributed by atoms with Gasteiger partial charge in [-0.05, 0) is 178 Å². The average molecular weight is 1370 g/mol. The van der Waals surface area contributed by atoms with E-state index >= 15 is 0 Å². The Bertz CT molecular complexity index is 6720. The average Bonchev–Trinajstić information content (AvgIpc) is 1.60. The van der Waals surface area contributed by atoms with Crippen molar-refractivity contribution in [2.75, 3.05) is 4.90 Å². The molecule has 0 aliphatic carbocycles. The van der Waals surface area contributed by atoms with Crippen molar-refractivity contribution in [2.45, 2.75) is 0 Å². The van der Waals surface area contributed by atoms with Gasteiger partial charge in [0.15, 0.2) is 5.58 Å². The largest absolute Gasteiger partial charge is 0.453 e. The van der Waals surface area contributed by atoms with Crippen LogP contribution in [0.2, 0.25) is 0 Å². The van der Waals surface area contributed by atoms with Crippen molar-refractivity contribution < 1.29 is 4.42 Å². The Morgan fingerprint density at radius 1 is 0.234 bits per heavy atom. The number of fused-ring (bicyclic) bond motifs is 14. The summed E-state index contributed by atoms with van der Waals surface area (Å²) >= 11 is 0. The van der Waals surface area contributed by atoms with Crippen molar-refractivity contribution >= 4 is 115 Å². The monoisotopic (exact) mass is 1360 g/mol. The topological polar surface area (TPSA) is 47.1 Å². The number of nitrogens with zero attached hydrogens (tertiary/aromatic N) is 4. The van der Waals surface area contributed by atoms with Gasteiger partial charge in [-0.25, -0.2) is 0 Å². The third-order valence-corrected chi connectivity index (χ3v) is 20.8. The molecule has 0 aliphatic heterocycles. The molecule has 0 spiro atoms. The lowest BCUT2D eigenvalue weighted by molar-refractivity contribution is 0.670. The number of aromatic nitrogens is 3. The molecule has 0 saturated carbocycles. The van der Waals surface area contributed by atoms with E-state index in [1.165, 1.54) is 115 Å². The molecule has 5 nitrogen and oxygen atoms in total. The van der Waals surface area contributed by atoms with Gasteiger partial charge >= 0.3 is 0 Å². The van der Waals surface area contributed by atoms with Crippen LogP contribution in [0.15, 0.2) is 417 Å². The van der Waals surface area contributed by atoms with E-state index < -0.39 is 0 Å². The van der Waals surface area contributed by atoms with Gasteiger partial charge in [-0.2, -0.15) is 0 Å². The third kappa shape index (κ3) is 11.8. The van der Waals surface area contributed by atoms with Crippen molar-refractivity contribution in [1.29, 1.82) is 0 Å². The van der Waals surface area contributed by atoms with Crippen LogP contribution in [0, 0.1) is 0 Å². The first-order valence-corrected chi connectivity index (χ1v) is 36.4. The van der Waals surface area contributed by atoms with Crippen LogP contribution in [0.3, 0.4) is 0 Å². The Hall–Kier alpha value is -14.3. The van der Waals surface area contributed by atoms with E-state index in [0.29, 0.717) is 0 Å². The van der Waals surface area contributed by atoms with E-state index in [9.17, 15) is 0 Å². The zero-order chi connectivity index (χ0) is 71.0. The molecule has 4 heterocycles. The Morgan fingerprint density at radius 2 is 0.654 bits per heavy atom. The Labute approximate surface area is 620 Å². The summed E-state index contributed by atoms with van der Waals surface area (Å²) < 4.78 is 9.32. The second-order valence-electron chi connectivity index (χ2n) is 27.1. The predicted octanol–water partition coefficient (Wildman–Crippen LogP) is 28.1. The standard InChI is InChI=1S/C40H27NO.C38H25N.C24H16N2/c1-4-13-28(14-5-1)29-23-25-33(26-24-29)41(32-18-8-3-9-19-32)37-22-12-21-35-38-34-20-11-10-17-31(34)27-36(40(38)42-39(35)37)30-15-6-2-7-16-30;1-2-11-30(12-3-1)39-37-17-9-8-16-34(37)36-24-28(22-23-38(36)39)26-18-20-27(21-19-26)35-25-29-10-4-5-13-31(29)32-14-6-7-15-33(32)35;1-3-7-17(8-4-1)19-13-15-25-23-21(19)11-12-22-20(14-16-26-24(22)23)18-9-5-2-6-10-18/h1-27H;1-25H;1-16H. The van der Waals surface area contributed by atoms with E-state index in [-0.39, 0.29) is 0 Å². The van der Waals surface area contributed by atoms with Crippen molar-refractivity contribution in [3.8, 4) is 72.4 Å². The summed E-state index contributed by atoms with van der Waals surface area (Å²) in [5.41, 5.74) is 24.8. The summed E-state index contributed by atoms with van der Waals surface area (Å²) in [5.74, 6) is 0. The number of pyridine rings is 2. The first-order chi connectivity index (χ1) is 53.1. The van der Waals surface area contributed by atoms with Crippen LogP contribution in [-0.4, -0.2) is 14.5 Å². The molecule has 0 radical (unpaired) electrons. The number of anilines is 3. The SMILES string of the molecule is c1ccc(-c2ccc(N(c3ccccc3)c3cccc4c3oc3c(-c5ccccc5)cc5ccccc5c34)cc2)cc1.c1ccc(-c2ccnc3c2ccc2c(-c4ccccc4)ccnc23)cc1.c1ccc(-n2c3ccccc3c3cc(-c4ccc(-c5cc6ccccc6c6ccccc56)cc4)ccc32)cc1. The van der Waals surface area contributed by atoms with Crippen LogP contribution in [0.5, 0.6) is 0 Å². The smallest absolute Gasteiger partial charge is 0.159 e. The van der Waals surface area contributed by atoms with Crippen LogP contribution < -0.4 is 4.90 Å². The molecule has 0 atom stereocenters. The molecule has 21 rings (SSSR count). The summed E-state index contributed by atoms with van der Waals surface area (Å²) in [4.78, 5) is 11.6. The maximum atomic E-state index is 6.95. The number of benzene rings is 17. The van der Waals surface area contributed by atoms with E-state index in [1.807, 2.05) is 24.5 Å². The van der Waals surface area contributed by atoms with Gasteiger partial charge in [0, 0.05) is 67.3 Å². The summed E-state index contributed by atoms with van der Waals surface area (Å²) in [6, 6.07) is 142. The van der Waals surface area contributed by atoms with Crippen molar-refractivity contribution in [3.05, 3.63) is 413 Å². The highest BCUT2D eigenvalue weighted by molar-refractivity contribution is 6.24. The Kier molecular flexibility index (Phi) is 16.6. The molecular formula is C102H68N4O. The van der Waals surface area contributed by atoms with E-state index in [4.69, 9.17) is 4.42 Å². The predicted molar refractivity (Wildman–Crippen MR) is 451 cm³/mol. The van der Waals surface area contributed by atoms with Crippen LogP contribution in [0.25, 0.3) is 170 Å². The third-order valence-electron chi connectivity index (χ3n) is 20.8. The molecule has 0 saturated heterocycles. The highest BCUT2D eigenvalue weighted by Crippen LogP contribution is 2.48. The quantitative estimate of drug-likeness (QED) is 0.128. The molecular weight excluding hydrogens is 1300 g/mol. The minimum absolute atomic E-state index is 0.872. The molecule has 4 aromatic heterocycles. The van der Waals surface area contributed by atoms with Crippen LogP contribution in [-0.2, 0) is 0 Å². The highest BCUT2D eigenvalue weighted by atomic mass is 16.3. The van der Waals surface area contributed by atoms with Gasteiger partial charge in [-0.15, -0.1) is 0 Å². The van der Waals surface area contributed by atoms with Gasteiger partial charge < -0.3 is 13.9 Å². The van der Waals surface area contributed by atoms with Crippen molar-refractivity contribution in [1.82, 2.24) is 14.5 Å². The molecule has 107 heavy (non-hydrogen) atoms. The number of rotatable bonds is 10.